The lowest BCUT2D eigenvalue weighted by molar-refractivity contribution is 0.0599. The Morgan fingerprint density at radius 1 is 0.714 bits per heavy atom. The van der Waals surface area contributed by atoms with Gasteiger partial charge in [-0.25, -0.2) is 0 Å². The van der Waals surface area contributed by atoms with Crippen LogP contribution in [0.25, 0.3) is 0 Å². The SMILES string of the molecule is OC(COc1ccccc1OCC1CO1)COc1ccccc1OCC1CO1. The molecule has 150 valence electrons. The predicted molar refractivity (Wildman–Crippen MR) is 100 cm³/mol. The van der Waals surface area contributed by atoms with Crippen LogP contribution in [-0.4, -0.2) is 63.1 Å². The molecular weight excluding hydrogens is 364 g/mol. The highest BCUT2D eigenvalue weighted by atomic mass is 16.6. The van der Waals surface area contributed by atoms with Crippen LogP contribution >= 0.6 is 0 Å². The van der Waals surface area contributed by atoms with Crippen molar-refractivity contribution in [1.29, 1.82) is 0 Å². The molecule has 2 aromatic rings. The standard InChI is InChI=1S/C21H24O7/c22-15(9-25-18-5-1-3-7-20(18)27-13-16-11-23-16)10-26-19-6-2-4-8-21(19)28-14-17-12-24-17/h1-8,15-17,22H,9-14H2. The number of ether oxygens (including phenoxy) is 6. The van der Waals surface area contributed by atoms with Crippen LogP contribution in [-0.2, 0) is 9.47 Å². The fourth-order valence-electron chi connectivity index (χ4n) is 2.49. The first kappa shape index (κ1) is 18.9. The Morgan fingerprint density at radius 2 is 1.07 bits per heavy atom. The molecule has 2 aromatic carbocycles. The molecule has 7 nitrogen and oxygen atoms in total. The molecule has 4 rings (SSSR count). The Balaban J connectivity index is 1.24. The van der Waals surface area contributed by atoms with Crippen molar-refractivity contribution in [2.75, 3.05) is 39.6 Å². The highest BCUT2D eigenvalue weighted by Crippen LogP contribution is 2.29. The molecular formula is C21H24O7. The molecule has 0 radical (unpaired) electrons. The summed E-state index contributed by atoms with van der Waals surface area (Å²) in [5.74, 6) is 2.42. The van der Waals surface area contributed by atoms with Crippen molar-refractivity contribution in [1.82, 2.24) is 0 Å². The number of para-hydroxylation sites is 4. The molecule has 28 heavy (non-hydrogen) atoms. The fraction of sp³-hybridized carbons (Fsp3) is 0.429. The van der Waals surface area contributed by atoms with E-state index < -0.39 is 6.10 Å². The van der Waals surface area contributed by atoms with E-state index in [9.17, 15) is 5.11 Å². The zero-order valence-corrected chi connectivity index (χ0v) is 15.5. The zero-order valence-electron chi connectivity index (χ0n) is 15.5. The normalized spacial score (nSPS) is 20.9. The molecule has 0 aromatic heterocycles. The third-order valence-corrected chi connectivity index (χ3v) is 4.21. The van der Waals surface area contributed by atoms with Crippen LogP contribution in [0.1, 0.15) is 0 Å². The molecule has 2 unspecified atom stereocenters. The maximum atomic E-state index is 10.2. The van der Waals surface area contributed by atoms with Crippen molar-refractivity contribution >= 4 is 0 Å². The first-order valence-corrected chi connectivity index (χ1v) is 9.38. The Hall–Kier alpha value is -2.48. The van der Waals surface area contributed by atoms with Crippen molar-refractivity contribution in [2.45, 2.75) is 18.3 Å². The average molecular weight is 388 g/mol. The van der Waals surface area contributed by atoms with Crippen molar-refractivity contribution < 1.29 is 33.5 Å². The van der Waals surface area contributed by atoms with Gasteiger partial charge < -0.3 is 33.5 Å². The van der Waals surface area contributed by atoms with E-state index in [1.54, 1.807) is 12.1 Å². The van der Waals surface area contributed by atoms with Crippen LogP contribution in [0, 0.1) is 0 Å². The maximum Gasteiger partial charge on any atom is 0.161 e. The Kier molecular flexibility index (Phi) is 6.16. The monoisotopic (exact) mass is 388 g/mol. The van der Waals surface area contributed by atoms with Gasteiger partial charge in [-0.2, -0.15) is 0 Å². The third-order valence-electron chi connectivity index (χ3n) is 4.21. The number of benzene rings is 2. The fourth-order valence-corrected chi connectivity index (χ4v) is 2.49. The van der Waals surface area contributed by atoms with Gasteiger partial charge in [0.2, 0.25) is 0 Å². The first-order chi connectivity index (χ1) is 13.8. The minimum absolute atomic E-state index is 0.0826. The summed E-state index contributed by atoms with van der Waals surface area (Å²) in [5, 5.41) is 10.2. The van der Waals surface area contributed by atoms with Gasteiger partial charge in [0.1, 0.15) is 44.7 Å². The van der Waals surface area contributed by atoms with Gasteiger partial charge in [0.15, 0.2) is 23.0 Å². The van der Waals surface area contributed by atoms with Crippen LogP contribution in [0.15, 0.2) is 48.5 Å². The quantitative estimate of drug-likeness (QED) is 0.557. The molecule has 0 bridgehead atoms. The van der Waals surface area contributed by atoms with Crippen LogP contribution < -0.4 is 18.9 Å². The van der Waals surface area contributed by atoms with E-state index in [2.05, 4.69) is 0 Å². The summed E-state index contributed by atoms with van der Waals surface area (Å²) < 4.78 is 33.1. The van der Waals surface area contributed by atoms with E-state index in [0.717, 1.165) is 13.2 Å². The van der Waals surface area contributed by atoms with Crippen molar-refractivity contribution in [3.05, 3.63) is 48.5 Å². The second-order valence-corrected chi connectivity index (χ2v) is 6.70. The van der Waals surface area contributed by atoms with Crippen molar-refractivity contribution in [3.63, 3.8) is 0 Å². The van der Waals surface area contributed by atoms with Gasteiger partial charge in [0.25, 0.3) is 0 Å². The van der Waals surface area contributed by atoms with Gasteiger partial charge in [-0.05, 0) is 24.3 Å². The summed E-state index contributed by atoms with van der Waals surface area (Å²) in [4.78, 5) is 0. The Labute approximate surface area is 163 Å². The first-order valence-electron chi connectivity index (χ1n) is 9.38. The molecule has 2 atom stereocenters. The molecule has 2 heterocycles. The second-order valence-electron chi connectivity index (χ2n) is 6.70. The van der Waals surface area contributed by atoms with Gasteiger partial charge in [-0.15, -0.1) is 0 Å². The Morgan fingerprint density at radius 3 is 1.43 bits per heavy atom. The number of aliphatic hydroxyl groups excluding tert-OH is 1. The van der Waals surface area contributed by atoms with E-state index in [0.29, 0.717) is 36.2 Å². The summed E-state index contributed by atoms with van der Waals surface area (Å²) in [5.41, 5.74) is 0. The van der Waals surface area contributed by atoms with Gasteiger partial charge in [0.05, 0.1) is 13.2 Å². The second kappa shape index (κ2) is 9.14. The number of rotatable bonds is 12. The largest absolute Gasteiger partial charge is 0.487 e. The predicted octanol–water partition coefficient (Wildman–Crippen LogP) is 2.06. The van der Waals surface area contributed by atoms with Crippen molar-refractivity contribution in [3.8, 4) is 23.0 Å². The minimum Gasteiger partial charge on any atom is -0.487 e. The van der Waals surface area contributed by atoms with Gasteiger partial charge in [-0.3, -0.25) is 0 Å². The highest BCUT2D eigenvalue weighted by molar-refractivity contribution is 5.40. The van der Waals surface area contributed by atoms with Crippen LogP contribution in [0.2, 0.25) is 0 Å². The van der Waals surface area contributed by atoms with Crippen LogP contribution in [0.5, 0.6) is 23.0 Å². The van der Waals surface area contributed by atoms with E-state index in [1.165, 1.54) is 0 Å². The lowest BCUT2D eigenvalue weighted by Crippen LogP contribution is -2.25. The summed E-state index contributed by atoms with van der Waals surface area (Å²) in [6.07, 6.45) is -0.471. The summed E-state index contributed by atoms with van der Waals surface area (Å²) in [6, 6.07) is 14.7. The van der Waals surface area contributed by atoms with Gasteiger partial charge in [-0.1, -0.05) is 24.3 Å². The summed E-state index contributed by atoms with van der Waals surface area (Å²) in [7, 11) is 0. The molecule has 0 spiro atoms. The highest BCUT2D eigenvalue weighted by Gasteiger charge is 2.24. The van der Waals surface area contributed by atoms with Gasteiger partial charge in [0, 0.05) is 0 Å². The molecule has 0 aliphatic carbocycles. The molecule has 7 heteroatoms. The number of aliphatic hydroxyl groups is 1. The van der Waals surface area contributed by atoms with Crippen LogP contribution in [0.4, 0.5) is 0 Å². The number of hydrogen-bond donors (Lipinski definition) is 1. The zero-order chi connectivity index (χ0) is 19.2. The minimum atomic E-state index is -0.806. The van der Waals surface area contributed by atoms with E-state index in [1.807, 2.05) is 36.4 Å². The maximum absolute atomic E-state index is 10.2. The summed E-state index contributed by atoms with van der Waals surface area (Å²) >= 11 is 0. The Bertz CT molecular complexity index is 694. The van der Waals surface area contributed by atoms with Crippen molar-refractivity contribution in [2.24, 2.45) is 0 Å². The van der Waals surface area contributed by atoms with Gasteiger partial charge >= 0.3 is 0 Å². The molecule has 2 aliphatic rings. The molecule has 2 saturated heterocycles. The molecule has 1 N–H and O–H groups in total. The van der Waals surface area contributed by atoms with E-state index in [-0.39, 0.29) is 25.4 Å². The van der Waals surface area contributed by atoms with E-state index >= 15 is 0 Å². The topological polar surface area (TPSA) is 82.2 Å². The van der Waals surface area contributed by atoms with Crippen LogP contribution in [0.3, 0.4) is 0 Å². The molecule has 2 aliphatic heterocycles. The van der Waals surface area contributed by atoms with E-state index in [4.69, 9.17) is 28.4 Å². The molecule has 0 amide bonds. The lowest BCUT2D eigenvalue weighted by atomic mass is 10.3. The number of epoxide rings is 2. The lowest BCUT2D eigenvalue weighted by Gasteiger charge is -2.17. The molecule has 0 saturated carbocycles. The number of hydrogen-bond acceptors (Lipinski definition) is 7. The smallest absolute Gasteiger partial charge is 0.161 e. The summed E-state index contributed by atoms with van der Waals surface area (Å²) in [6.45, 7) is 2.62. The third kappa shape index (κ3) is 5.76. The average Bonchev–Trinajstić information content (AvgIpc) is 3.63. The molecule has 2 fully saturated rings.